The molecule has 2 saturated carbocycles. The van der Waals surface area contributed by atoms with E-state index in [9.17, 15) is 19.5 Å². The molecule has 15 heteroatoms. The van der Waals surface area contributed by atoms with Gasteiger partial charge in [0.05, 0.1) is 18.8 Å². The molecule has 10 aliphatic rings. The first-order valence-corrected chi connectivity index (χ1v) is 24.4. The van der Waals surface area contributed by atoms with E-state index in [4.69, 9.17) is 38.5 Å². The second-order valence-electron chi connectivity index (χ2n) is 21.5. The van der Waals surface area contributed by atoms with E-state index in [1.807, 2.05) is 45.0 Å². The van der Waals surface area contributed by atoms with Gasteiger partial charge < -0.3 is 39.2 Å². The van der Waals surface area contributed by atoms with E-state index in [0.717, 1.165) is 50.6 Å². The highest BCUT2D eigenvalue weighted by molar-refractivity contribution is 5.98. The number of rotatable bonds is 14. The van der Waals surface area contributed by atoms with Crippen LogP contribution in [-0.4, -0.2) is 115 Å². The summed E-state index contributed by atoms with van der Waals surface area (Å²) in [6.07, 6.45) is 7.59. The summed E-state index contributed by atoms with van der Waals surface area (Å²) in [5.74, 6) is -1.28. The second-order valence-corrected chi connectivity index (χ2v) is 21.5. The molecule has 2 N–H and O–H groups in total. The summed E-state index contributed by atoms with van der Waals surface area (Å²) in [5, 5.41) is 12.3. The minimum Gasteiger partial charge on any atom is -0.389 e. The number of Topliss-reactive ketones (excluding diaryl/α,β-unsaturated/α-hetero) is 1. The predicted molar refractivity (Wildman–Crippen MR) is 233 cm³/mol. The quantitative estimate of drug-likeness (QED) is 0.200. The molecule has 15 nitrogen and oxygen atoms in total. The Morgan fingerprint density at radius 2 is 1.27 bits per heavy atom. The number of ether oxygens (including phenoxy) is 4. The monoisotopic (exact) mass is 896 g/mol. The average molecular weight is 896 g/mol. The molecule has 2 amide bonds. The zero-order chi connectivity index (χ0) is 45.3. The zero-order valence-corrected chi connectivity index (χ0v) is 39.3. The third-order valence-electron chi connectivity index (χ3n) is 17.4. The van der Waals surface area contributed by atoms with Crippen molar-refractivity contribution in [3.63, 3.8) is 0 Å². The molecule has 8 saturated heterocycles. The number of amides is 2. The van der Waals surface area contributed by atoms with Crippen LogP contribution in [0.15, 0.2) is 24.3 Å². The second kappa shape index (κ2) is 17.7. The van der Waals surface area contributed by atoms with Gasteiger partial charge in [-0.25, -0.2) is 19.6 Å². The molecule has 5 unspecified atom stereocenters. The van der Waals surface area contributed by atoms with Gasteiger partial charge in [0.2, 0.25) is 17.5 Å². The summed E-state index contributed by atoms with van der Waals surface area (Å²) >= 11 is 0. The summed E-state index contributed by atoms with van der Waals surface area (Å²) in [7, 11) is 3.89. The van der Waals surface area contributed by atoms with E-state index in [1.54, 1.807) is 17.0 Å². The number of aliphatic hydroxyl groups is 1. The number of carbonyl (C=O) groups excluding carboxylic acids is 3. The molecule has 2 aliphatic carbocycles. The smallest absolute Gasteiger partial charge is 0.254 e. The van der Waals surface area contributed by atoms with E-state index >= 15 is 0 Å². The van der Waals surface area contributed by atoms with Gasteiger partial charge in [0.15, 0.2) is 29.6 Å². The fraction of sp³-hybridized carbons (Fsp3) is 0.816. The Kier molecular flexibility index (Phi) is 12.9. The van der Waals surface area contributed by atoms with Gasteiger partial charge in [-0.3, -0.25) is 14.4 Å². The number of benzene rings is 1. The Bertz CT molecular complexity index is 1890. The third kappa shape index (κ3) is 7.93. The Hall–Kier alpha value is -2.73. The molecule has 356 valence electrons. The molecule has 8 aliphatic heterocycles. The minimum atomic E-state index is -0.957. The highest BCUT2D eigenvalue weighted by atomic mass is 17.3. The first kappa shape index (κ1) is 46.4. The summed E-state index contributed by atoms with van der Waals surface area (Å²) in [6.45, 7) is 12.1. The average Bonchev–Trinajstić information content (AvgIpc) is 3.66. The van der Waals surface area contributed by atoms with Crippen LogP contribution in [0.1, 0.15) is 129 Å². The lowest BCUT2D eigenvalue weighted by molar-refractivity contribution is -0.571. The molecule has 17 atom stereocenters. The lowest BCUT2D eigenvalue weighted by Crippen LogP contribution is -2.70. The number of fused-ring (bicyclic) bond motifs is 4. The van der Waals surface area contributed by atoms with Crippen molar-refractivity contribution in [3.8, 4) is 0 Å². The lowest BCUT2D eigenvalue weighted by atomic mass is 9.57. The van der Waals surface area contributed by atoms with Crippen molar-refractivity contribution < 1.29 is 58.0 Å². The van der Waals surface area contributed by atoms with Crippen LogP contribution in [0.3, 0.4) is 0 Å². The third-order valence-corrected chi connectivity index (χ3v) is 17.4. The Morgan fingerprint density at radius 1 is 0.734 bits per heavy atom. The Labute approximate surface area is 378 Å². The van der Waals surface area contributed by atoms with Gasteiger partial charge in [0.25, 0.3) is 5.91 Å². The Morgan fingerprint density at radius 3 is 1.78 bits per heavy atom. The van der Waals surface area contributed by atoms with Gasteiger partial charge in [-0.2, -0.15) is 0 Å². The van der Waals surface area contributed by atoms with Crippen molar-refractivity contribution >= 4 is 23.3 Å². The maximum absolute atomic E-state index is 14.9. The molecule has 64 heavy (non-hydrogen) atoms. The van der Waals surface area contributed by atoms with Crippen molar-refractivity contribution in [2.45, 2.75) is 172 Å². The molecule has 2 spiro atoms. The van der Waals surface area contributed by atoms with Gasteiger partial charge in [0.1, 0.15) is 12.6 Å². The summed E-state index contributed by atoms with van der Waals surface area (Å²) < 4.78 is 27.2. The molecule has 0 radical (unpaired) electrons. The number of hydrogen-bond acceptors (Lipinski definition) is 13. The van der Waals surface area contributed by atoms with Crippen molar-refractivity contribution in [1.29, 1.82) is 0 Å². The van der Waals surface area contributed by atoms with Gasteiger partial charge in [-0.15, -0.1) is 0 Å². The fourth-order valence-electron chi connectivity index (χ4n) is 13.7. The van der Waals surface area contributed by atoms with Gasteiger partial charge >= 0.3 is 0 Å². The first-order valence-electron chi connectivity index (χ1n) is 24.4. The molecule has 4 bridgehead atoms. The predicted octanol–water partition coefficient (Wildman–Crippen LogP) is 6.30. The summed E-state index contributed by atoms with van der Waals surface area (Å²) in [4.78, 5) is 70.4. The number of anilines is 1. The molecule has 0 aromatic heterocycles. The van der Waals surface area contributed by atoms with Crippen LogP contribution >= 0.6 is 0 Å². The molecule has 10 fully saturated rings. The molecular formula is C49H73N3O12. The van der Waals surface area contributed by atoms with Crippen molar-refractivity contribution in [3.05, 3.63) is 29.8 Å². The lowest BCUT2D eigenvalue weighted by Gasteiger charge is -2.60. The van der Waals surface area contributed by atoms with E-state index < -0.39 is 59.7 Å². The number of carbonyl (C=O) groups is 3. The Balaban J connectivity index is 0.980. The van der Waals surface area contributed by atoms with Crippen LogP contribution in [-0.2, 0) is 48.1 Å². The molecule has 1 aromatic rings. The highest BCUT2D eigenvalue weighted by Gasteiger charge is 2.70. The van der Waals surface area contributed by atoms with Crippen LogP contribution in [0.4, 0.5) is 5.69 Å². The van der Waals surface area contributed by atoms with Crippen molar-refractivity contribution in [1.82, 2.24) is 10.2 Å². The molecule has 8 heterocycles. The van der Waals surface area contributed by atoms with E-state index in [-0.39, 0.29) is 73.1 Å². The van der Waals surface area contributed by atoms with Crippen molar-refractivity contribution in [2.75, 3.05) is 38.7 Å². The highest BCUT2D eigenvalue weighted by Crippen LogP contribution is 2.62. The maximum atomic E-state index is 14.9. The van der Waals surface area contributed by atoms with E-state index in [2.05, 4.69) is 33.0 Å². The number of aliphatic hydroxyl groups excluding tert-OH is 1. The largest absolute Gasteiger partial charge is 0.389 e. The summed E-state index contributed by atoms with van der Waals surface area (Å²) in [6, 6.07) is 6.45. The number of ketones is 1. The van der Waals surface area contributed by atoms with Crippen LogP contribution in [0.25, 0.3) is 0 Å². The maximum Gasteiger partial charge on any atom is 0.254 e. The molecule has 1 aromatic carbocycles. The van der Waals surface area contributed by atoms with E-state index in [1.165, 1.54) is 0 Å². The molecular weight excluding hydrogens is 823 g/mol. The summed E-state index contributed by atoms with van der Waals surface area (Å²) in [5.41, 5.74) is -0.00328. The van der Waals surface area contributed by atoms with Crippen LogP contribution < -0.4 is 10.2 Å². The zero-order valence-electron chi connectivity index (χ0n) is 39.3. The number of nitrogens with zero attached hydrogens (tertiary/aromatic N) is 2. The molecule has 11 rings (SSSR count). The van der Waals surface area contributed by atoms with Crippen molar-refractivity contribution in [2.24, 2.45) is 47.3 Å². The fourth-order valence-corrected chi connectivity index (χ4v) is 13.7. The van der Waals surface area contributed by atoms with Crippen LogP contribution in [0, 0.1) is 47.3 Å². The van der Waals surface area contributed by atoms with E-state index in [0.29, 0.717) is 43.1 Å². The first-order chi connectivity index (χ1) is 30.5. The standard InChI is InChI=1S/C49H73N3O12/c1-28-11-17-37-30(3)40(57-44-48(37)35(28)21-23-46(5,59-44)61-63-48)10-9-25-52(43(56)32-13-15-33(16-14-32)51(7)8)39(42(55)50-26-34(54)27-53)19-20-41-31(4)38-18-12-29(2)36-22-24-47(6)60-45(58-41)49(36,38)64-62-47/h13-16,28-31,35-41,44-45,53H,9-12,17-27H2,1-8H3,(H,50,55)/t28-,29-,30-,31-,35?,36?,37?,38?,39?,40-,41-,44-,45-,46-,47-,48-,49-/m1/s1. The minimum absolute atomic E-state index is 0.0389. The SMILES string of the molecule is C[C@@H]1CCC2[C@@H](C)[C@@H](CCCN(C(=O)c3ccc(N(C)C)cc3)C(CC[C@H]3O[C@@H]4O[C@@]5(C)CCC6[C@H](C)CCC([C@H]3C)[C@]64OO5)C(=O)NCC(=O)CO)O[C@@H]3O[C@@]4(C)CCC1[C@@]23OO4. The number of nitrogens with one attached hydrogen (secondary N) is 1. The van der Waals surface area contributed by atoms with Gasteiger partial charge in [0, 0.05) is 56.6 Å². The van der Waals surface area contributed by atoms with Gasteiger partial charge in [-0.05, 0) is 138 Å². The number of hydrogen-bond donors (Lipinski definition) is 2. The van der Waals surface area contributed by atoms with Gasteiger partial charge in [-0.1, -0.05) is 27.7 Å². The van der Waals surface area contributed by atoms with Crippen LogP contribution in [0.2, 0.25) is 0 Å². The topological polar surface area (TPSA) is 164 Å². The normalized spacial score (nSPS) is 43.5. The van der Waals surface area contributed by atoms with Crippen LogP contribution in [0.5, 0.6) is 0 Å².